The summed E-state index contributed by atoms with van der Waals surface area (Å²) < 4.78 is 60.3. The topological polar surface area (TPSA) is 133 Å². The molecule has 3 heterocycles. The van der Waals surface area contributed by atoms with Crippen molar-refractivity contribution < 1.29 is 57.6 Å². The fourth-order valence-electron chi connectivity index (χ4n) is 6.94. The monoisotopic (exact) mass is 710 g/mol. The second-order valence-corrected chi connectivity index (χ2v) is 13.5. The van der Waals surface area contributed by atoms with Crippen LogP contribution in [0.5, 0.6) is 17.2 Å². The summed E-state index contributed by atoms with van der Waals surface area (Å²) >= 11 is 0. The van der Waals surface area contributed by atoms with Crippen molar-refractivity contribution in [2.45, 2.75) is 94.9 Å². The van der Waals surface area contributed by atoms with Crippen molar-refractivity contribution in [3.63, 3.8) is 0 Å². The number of hydrogen-bond acceptors (Lipinski definition) is 12. The van der Waals surface area contributed by atoms with E-state index in [0.717, 1.165) is 33.9 Å². The highest BCUT2D eigenvalue weighted by Crippen LogP contribution is 2.44. The van der Waals surface area contributed by atoms with Crippen molar-refractivity contribution in [1.82, 2.24) is 0 Å². The molecule has 0 bridgehead atoms. The van der Waals surface area contributed by atoms with Crippen LogP contribution >= 0.6 is 0 Å². The molecule has 6 rings (SSSR count). The molecule has 3 aromatic carbocycles. The smallest absolute Gasteiger partial charge is 0.187 e. The van der Waals surface area contributed by atoms with Gasteiger partial charge in [0.25, 0.3) is 0 Å². The first-order chi connectivity index (χ1) is 24.7. The average molecular weight is 711 g/mol. The van der Waals surface area contributed by atoms with Crippen molar-refractivity contribution in [2.75, 3.05) is 34.5 Å². The molecule has 12 nitrogen and oxygen atoms in total. The van der Waals surface area contributed by atoms with Gasteiger partial charge < -0.3 is 57.6 Å². The number of ether oxygens (including phenoxy) is 10. The highest BCUT2D eigenvalue weighted by molar-refractivity contribution is 5.28. The van der Waals surface area contributed by atoms with Crippen molar-refractivity contribution in [1.29, 1.82) is 0 Å². The van der Waals surface area contributed by atoms with E-state index >= 15 is 0 Å². The molecule has 0 spiro atoms. The Hall–Kier alpha value is -3.30. The first kappa shape index (κ1) is 37.5. The van der Waals surface area contributed by atoms with E-state index in [1.165, 1.54) is 0 Å². The van der Waals surface area contributed by atoms with Gasteiger partial charge in [-0.25, -0.2) is 0 Å². The lowest BCUT2D eigenvalue weighted by molar-refractivity contribution is -0.266. The molecule has 0 saturated carbocycles. The summed E-state index contributed by atoms with van der Waals surface area (Å²) in [5.74, 6) is 1.07. The van der Waals surface area contributed by atoms with E-state index < -0.39 is 54.8 Å². The molecule has 3 aliphatic rings. The Morgan fingerprint density at radius 3 is 1.65 bits per heavy atom. The van der Waals surface area contributed by atoms with E-state index in [9.17, 15) is 10.2 Å². The van der Waals surface area contributed by atoms with Gasteiger partial charge in [-0.1, -0.05) is 36.4 Å². The van der Waals surface area contributed by atoms with Gasteiger partial charge in [0, 0.05) is 5.92 Å². The third kappa shape index (κ3) is 9.20. The Labute approximate surface area is 299 Å². The predicted octanol–water partition coefficient (Wildman–Crippen LogP) is 4.40. The molecule has 278 valence electrons. The Morgan fingerprint density at radius 1 is 0.627 bits per heavy atom. The lowest BCUT2D eigenvalue weighted by Crippen LogP contribution is -2.61. The minimum Gasteiger partial charge on any atom is -0.497 e. The molecule has 0 unspecified atom stereocenters. The summed E-state index contributed by atoms with van der Waals surface area (Å²) in [6.07, 6.45) is -5.28. The van der Waals surface area contributed by atoms with E-state index in [1.54, 1.807) is 21.3 Å². The van der Waals surface area contributed by atoms with Crippen molar-refractivity contribution in [3.05, 3.63) is 89.5 Å². The van der Waals surface area contributed by atoms with Gasteiger partial charge >= 0.3 is 0 Å². The number of hydrogen-bond donors (Lipinski definition) is 2. The molecular formula is C39H50O12. The third-order valence-electron chi connectivity index (χ3n) is 9.65. The number of aliphatic hydroxyl groups excluding tert-OH is 2. The van der Waals surface area contributed by atoms with Crippen LogP contribution < -0.4 is 14.2 Å². The molecule has 2 N–H and O–H groups in total. The van der Waals surface area contributed by atoms with Gasteiger partial charge in [-0.15, -0.1) is 0 Å². The number of rotatable bonds is 16. The molecule has 12 heteroatoms. The van der Waals surface area contributed by atoms with E-state index in [0.29, 0.717) is 13.0 Å². The molecule has 0 amide bonds. The number of methoxy groups -OCH3 is 3. The minimum atomic E-state index is -1.10. The first-order valence-electron chi connectivity index (χ1n) is 17.4. The van der Waals surface area contributed by atoms with Crippen LogP contribution in [0.15, 0.2) is 72.8 Å². The van der Waals surface area contributed by atoms with E-state index in [4.69, 9.17) is 47.4 Å². The summed E-state index contributed by atoms with van der Waals surface area (Å²) in [6, 6.07) is 22.9. The Bertz CT molecular complexity index is 1500. The van der Waals surface area contributed by atoms with Crippen LogP contribution in [0.1, 0.15) is 37.0 Å². The maximum atomic E-state index is 12.1. The molecule has 3 aromatic rings. The van der Waals surface area contributed by atoms with Crippen LogP contribution in [0.4, 0.5) is 0 Å². The van der Waals surface area contributed by atoms with Crippen molar-refractivity contribution in [2.24, 2.45) is 5.92 Å². The maximum Gasteiger partial charge on any atom is 0.187 e. The van der Waals surface area contributed by atoms with Crippen LogP contribution in [0.2, 0.25) is 0 Å². The van der Waals surface area contributed by atoms with Crippen LogP contribution in [0.3, 0.4) is 0 Å². The Balaban J connectivity index is 1.25. The normalized spacial score (nSPS) is 29.8. The molecule has 51 heavy (non-hydrogen) atoms. The summed E-state index contributed by atoms with van der Waals surface area (Å²) in [5, 5.41) is 22.3. The van der Waals surface area contributed by atoms with Gasteiger partial charge in [0.15, 0.2) is 12.1 Å². The zero-order valence-corrected chi connectivity index (χ0v) is 29.8. The van der Waals surface area contributed by atoms with Crippen LogP contribution in [-0.2, 0) is 53.0 Å². The highest BCUT2D eigenvalue weighted by Gasteiger charge is 2.56. The average Bonchev–Trinajstić information content (AvgIpc) is 3.63. The summed E-state index contributed by atoms with van der Waals surface area (Å²) in [4.78, 5) is 0. The van der Waals surface area contributed by atoms with Gasteiger partial charge in [-0.3, -0.25) is 0 Å². The summed E-state index contributed by atoms with van der Waals surface area (Å²) in [7, 11) is 4.87. The van der Waals surface area contributed by atoms with E-state index in [-0.39, 0.29) is 32.3 Å². The quantitative estimate of drug-likeness (QED) is 0.218. The second kappa shape index (κ2) is 17.0. The van der Waals surface area contributed by atoms with Gasteiger partial charge in [-0.05, 0) is 73.4 Å². The highest BCUT2D eigenvalue weighted by atomic mass is 16.8. The molecule has 0 radical (unpaired) electrons. The fourth-order valence-corrected chi connectivity index (χ4v) is 6.94. The second-order valence-electron chi connectivity index (χ2n) is 13.5. The molecule has 0 aromatic heterocycles. The summed E-state index contributed by atoms with van der Waals surface area (Å²) in [5.41, 5.74) is 2.78. The maximum absolute atomic E-state index is 12.1. The SMILES string of the molecule is COc1ccc(COC[C@H]2O[C@H](C[C@H]3[C@H]4OC(C)(C)O[C@H]4O[C@@H]3CO)[C@H](O)[C@@H](OCc3ccc(OC)cc3)[C@@H]2OCc2ccc(OC)cc2)cc1. The zero-order valence-electron chi connectivity index (χ0n) is 29.8. The minimum absolute atomic E-state index is 0.161. The first-order valence-corrected chi connectivity index (χ1v) is 17.4. The van der Waals surface area contributed by atoms with Crippen LogP contribution in [-0.4, -0.2) is 99.6 Å². The number of fused-ring (bicyclic) bond motifs is 1. The molecular weight excluding hydrogens is 660 g/mol. The molecule has 3 saturated heterocycles. The van der Waals surface area contributed by atoms with E-state index in [2.05, 4.69) is 0 Å². The molecule has 0 aliphatic carbocycles. The number of benzene rings is 3. The largest absolute Gasteiger partial charge is 0.497 e. The van der Waals surface area contributed by atoms with Gasteiger partial charge in [0.2, 0.25) is 0 Å². The number of aliphatic hydroxyl groups is 2. The van der Waals surface area contributed by atoms with E-state index in [1.807, 2.05) is 86.6 Å². The lowest BCUT2D eigenvalue weighted by Gasteiger charge is -2.45. The zero-order chi connectivity index (χ0) is 36.0. The third-order valence-corrected chi connectivity index (χ3v) is 9.65. The van der Waals surface area contributed by atoms with Crippen molar-refractivity contribution in [3.8, 4) is 17.2 Å². The van der Waals surface area contributed by atoms with Gasteiger partial charge in [0.1, 0.15) is 47.8 Å². The molecule has 9 atom stereocenters. The van der Waals surface area contributed by atoms with Crippen molar-refractivity contribution >= 4 is 0 Å². The molecule has 3 aliphatic heterocycles. The Kier molecular flexibility index (Phi) is 12.5. The van der Waals surface area contributed by atoms with Gasteiger partial charge in [0.05, 0.1) is 66.6 Å². The predicted molar refractivity (Wildman–Crippen MR) is 184 cm³/mol. The Morgan fingerprint density at radius 2 is 1.14 bits per heavy atom. The standard InChI is InChI=1S/C39H50O12/c1-39(2)50-35-30(32(19-40)49-38(35)51-39)18-31-34(41)37(47-22-26-10-16-29(44-5)17-11-26)36(46-21-25-8-14-28(43-4)15-9-25)33(48-31)23-45-20-24-6-12-27(42-3)13-7-24/h6-17,30-38,40-41H,18-23H2,1-5H3/t30-,31-,32-,33-,34+,35-,36-,37-,38-/m1/s1. The van der Waals surface area contributed by atoms with Crippen LogP contribution in [0, 0.1) is 5.92 Å². The van der Waals surface area contributed by atoms with Crippen LogP contribution in [0.25, 0.3) is 0 Å². The fraction of sp³-hybridized carbons (Fsp3) is 0.538. The molecule has 3 fully saturated rings. The lowest BCUT2D eigenvalue weighted by atomic mass is 9.85. The summed E-state index contributed by atoms with van der Waals surface area (Å²) in [6.45, 7) is 4.36. The van der Waals surface area contributed by atoms with Gasteiger partial charge in [-0.2, -0.15) is 0 Å².